The standard InChI is InChI=1S/C25H27N9OS/c1-15(14-35-2)29-21-8-22(23-6-5-19-7-16(9-26)10-28-34(19)23)27-11-20(21)24-31-32-25(36-24)33-12-17-3-4-18(13-33)30-17/h5-8,10-11,15,17-18,30H,3-4,12-14H2,1-2H3,(H,27,29)/t15-,17?,18?/m1/s1. The summed E-state index contributed by atoms with van der Waals surface area (Å²) in [6, 6.07) is 11.1. The van der Waals surface area contributed by atoms with Crippen molar-refractivity contribution in [3.05, 3.63) is 42.2 Å². The second-order valence-electron chi connectivity index (χ2n) is 9.46. The van der Waals surface area contributed by atoms with E-state index < -0.39 is 0 Å². The zero-order chi connectivity index (χ0) is 24.6. The lowest BCUT2D eigenvalue weighted by Crippen LogP contribution is -2.51. The molecular weight excluding hydrogens is 474 g/mol. The van der Waals surface area contributed by atoms with Crippen molar-refractivity contribution >= 4 is 27.7 Å². The molecule has 0 amide bonds. The highest BCUT2D eigenvalue weighted by molar-refractivity contribution is 7.18. The number of piperazine rings is 1. The maximum atomic E-state index is 9.19. The van der Waals surface area contributed by atoms with Crippen molar-refractivity contribution in [2.45, 2.75) is 37.9 Å². The van der Waals surface area contributed by atoms with Crippen molar-refractivity contribution in [1.82, 2.24) is 30.1 Å². The van der Waals surface area contributed by atoms with Crippen LogP contribution in [-0.2, 0) is 4.74 Å². The predicted octanol–water partition coefficient (Wildman–Crippen LogP) is 3.17. The van der Waals surface area contributed by atoms with E-state index in [1.807, 2.05) is 30.5 Å². The van der Waals surface area contributed by atoms with Crippen molar-refractivity contribution < 1.29 is 4.74 Å². The highest BCUT2D eigenvalue weighted by atomic mass is 32.1. The van der Waals surface area contributed by atoms with Crippen LogP contribution in [0.15, 0.2) is 36.7 Å². The number of methoxy groups -OCH3 is 1. The third kappa shape index (κ3) is 4.28. The van der Waals surface area contributed by atoms with Crippen LogP contribution in [-0.4, -0.2) is 69.7 Å². The molecule has 2 aliphatic heterocycles. The summed E-state index contributed by atoms with van der Waals surface area (Å²) in [6.45, 7) is 4.59. The summed E-state index contributed by atoms with van der Waals surface area (Å²) in [6.07, 6.45) is 5.87. The summed E-state index contributed by atoms with van der Waals surface area (Å²) >= 11 is 1.61. The summed E-state index contributed by atoms with van der Waals surface area (Å²) in [5, 5.41) is 31.8. The van der Waals surface area contributed by atoms with Crippen LogP contribution in [0.2, 0.25) is 0 Å². The number of nitrogens with one attached hydrogen (secondary N) is 2. The summed E-state index contributed by atoms with van der Waals surface area (Å²) < 4.78 is 7.15. The molecule has 10 nitrogen and oxygen atoms in total. The average molecular weight is 502 g/mol. The Labute approximate surface area is 212 Å². The van der Waals surface area contributed by atoms with E-state index in [2.05, 4.69) is 43.8 Å². The molecule has 6 rings (SSSR count). The van der Waals surface area contributed by atoms with Gasteiger partial charge in [0.2, 0.25) is 5.13 Å². The van der Waals surface area contributed by atoms with Gasteiger partial charge in [-0.2, -0.15) is 10.4 Å². The molecule has 4 aromatic heterocycles. The van der Waals surface area contributed by atoms with Gasteiger partial charge in [0, 0.05) is 50.2 Å². The minimum Gasteiger partial charge on any atom is -0.383 e. The Balaban J connectivity index is 1.35. The minimum atomic E-state index is 0.0838. The third-order valence-electron chi connectivity index (χ3n) is 6.75. The molecule has 2 fully saturated rings. The number of nitrogens with zero attached hydrogens (tertiary/aromatic N) is 7. The number of hydrogen-bond acceptors (Lipinski definition) is 10. The van der Waals surface area contributed by atoms with E-state index >= 15 is 0 Å². The Kier molecular flexibility index (Phi) is 6.00. The Morgan fingerprint density at radius 2 is 2.06 bits per heavy atom. The molecule has 0 spiro atoms. The van der Waals surface area contributed by atoms with Crippen molar-refractivity contribution in [3.63, 3.8) is 0 Å². The monoisotopic (exact) mass is 501 g/mol. The highest BCUT2D eigenvalue weighted by Gasteiger charge is 2.33. The van der Waals surface area contributed by atoms with Gasteiger partial charge in [0.25, 0.3) is 0 Å². The van der Waals surface area contributed by atoms with E-state index in [9.17, 15) is 5.26 Å². The molecule has 184 valence electrons. The van der Waals surface area contributed by atoms with Crippen LogP contribution in [0.1, 0.15) is 25.3 Å². The largest absolute Gasteiger partial charge is 0.383 e. The van der Waals surface area contributed by atoms with Crippen LogP contribution in [0, 0.1) is 11.3 Å². The zero-order valence-electron chi connectivity index (χ0n) is 20.2. The third-order valence-corrected chi connectivity index (χ3v) is 7.76. The van der Waals surface area contributed by atoms with Gasteiger partial charge in [0.1, 0.15) is 6.07 Å². The van der Waals surface area contributed by atoms with Crippen molar-refractivity contribution in [1.29, 1.82) is 5.26 Å². The van der Waals surface area contributed by atoms with Gasteiger partial charge in [-0.15, -0.1) is 10.2 Å². The fraction of sp³-hybridized carbons (Fsp3) is 0.400. The summed E-state index contributed by atoms with van der Waals surface area (Å²) in [5.41, 5.74) is 4.80. The van der Waals surface area contributed by atoms with Crippen molar-refractivity contribution in [3.8, 4) is 28.0 Å². The molecule has 0 radical (unpaired) electrons. The van der Waals surface area contributed by atoms with Gasteiger partial charge >= 0.3 is 0 Å². The number of ether oxygens (including phenoxy) is 1. The molecular formula is C25H27N9OS. The minimum absolute atomic E-state index is 0.0838. The molecule has 2 aliphatic rings. The maximum Gasteiger partial charge on any atom is 0.208 e. The topological polar surface area (TPSA) is 116 Å². The van der Waals surface area contributed by atoms with Crippen LogP contribution in [0.25, 0.3) is 27.5 Å². The SMILES string of the molecule is COC[C@@H](C)Nc1cc(-c2ccc3cc(C#N)cnn23)ncc1-c1nnc(N2CC3CCC(C2)N3)s1. The van der Waals surface area contributed by atoms with Crippen molar-refractivity contribution in [2.24, 2.45) is 0 Å². The molecule has 11 heteroatoms. The zero-order valence-corrected chi connectivity index (χ0v) is 21.0. The normalized spacial score (nSPS) is 20.0. The second kappa shape index (κ2) is 9.46. The van der Waals surface area contributed by atoms with Gasteiger partial charge in [-0.25, -0.2) is 4.52 Å². The van der Waals surface area contributed by atoms with Gasteiger partial charge < -0.3 is 20.3 Å². The van der Waals surface area contributed by atoms with E-state index in [-0.39, 0.29) is 6.04 Å². The quantitative estimate of drug-likeness (QED) is 0.394. The van der Waals surface area contributed by atoms with Crippen LogP contribution in [0.3, 0.4) is 0 Å². The number of fused-ring (bicyclic) bond motifs is 3. The van der Waals surface area contributed by atoms with Gasteiger partial charge in [0.15, 0.2) is 5.01 Å². The Morgan fingerprint density at radius 3 is 2.83 bits per heavy atom. The van der Waals surface area contributed by atoms with Crippen LogP contribution in [0.4, 0.5) is 10.8 Å². The first-order valence-corrected chi connectivity index (χ1v) is 12.9. The molecule has 6 heterocycles. The van der Waals surface area contributed by atoms with Crippen LogP contribution in [0.5, 0.6) is 0 Å². The maximum absolute atomic E-state index is 9.19. The number of anilines is 2. The van der Waals surface area contributed by atoms with Gasteiger partial charge in [-0.1, -0.05) is 11.3 Å². The van der Waals surface area contributed by atoms with Gasteiger partial charge in [0.05, 0.1) is 40.8 Å². The lowest BCUT2D eigenvalue weighted by molar-refractivity contribution is 0.190. The Hall–Kier alpha value is -3.59. The summed E-state index contributed by atoms with van der Waals surface area (Å²) in [4.78, 5) is 7.14. The molecule has 0 saturated carbocycles. The van der Waals surface area contributed by atoms with E-state index in [4.69, 9.17) is 9.72 Å². The van der Waals surface area contributed by atoms with E-state index in [0.29, 0.717) is 24.3 Å². The number of rotatable bonds is 7. The molecule has 0 aromatic carbocycles. The average Bonchev–Trinajstić information content (AvgIpc) is 3.62. The van der Waals surface area contributed by atoms with Gasteiger partial charge in [-0.05, 0) is 44.0 Å². The number of aromatic nitrogens is 5. The molecule has 0 aliphatic carbocycles. The fourth-order valence-corrected chi connectivity index (χ4v) is 5.99. The summed E-state index contributed by atoms with van der Waals surface area (Å²) in [5.74, 6) is 0. The fourth-order valence-electron chi connectivity index (χ4n) is 5.10. The second-order valence-corrected chi connectivity index (χ2v) is 10.4. The van der Waals surface area contributed by atoms with E-state index in [1.54, 1.807) is 29.2 Å². The first kappa shape index (κ1) is 22.8. The van der Waals surface area contributed by atoms with E-state index in [1.165, 1.54) is 12.8 Å². The van der Waals surface area contributed by atoms with Crippen LogP contribution < -0.4 is 15.5 Å². The van der Waals surface area contributed by atoms with Crippen molar-refractivity contribution in [2.75, 3.05) is 37.0 Å². The Bertz CT molecular complexity index is 1430. The first-order chi connectivity index (χ1) is 17.6. The predicted molar refractivity (Wildman–Crippen MR) is 139 cm³/mol. The van der Waals surface area contributed by atoms with E-state index in [0.717, 1.165) is 51.4 Å². The molecule has 2 N–H and O–H groups in total. The molecule has 2 saturated heterocycles. The molecule has 3 atom stereocenters. The molecule has 36 heavy (non-hydrogen) atoms. The highest BCUT2D eigenvalue weighted by Crippen LogP contribution is 2.37. The molecule has 2 bridgehead atoms. The lowest BCUT2D eigenvalue weighted by atomic mass is 10.1. The molecule has 4 aromatic rings. The Morgan fingerprint density at radius 1 is 1.22 bits per heavy atom. The number of pyridine rings is 1. The van der Waals surface area contributed by atoms with Gasteiger partial charge in [-0.3, -0.25) is 4.98 Å². The molecule has 2 unspecified atom stereocenters. The first-order valence-electron chi connectivity index (χ1n) is 12.1. The summed E-state index contributed by atoms with van der Waals surface area (Å²) in [7, 11) is 1.70. The van der Waals surface area contributed by atoms with Crippen LogP contribution >= 0.6 is 11.3 Å². The smallest absolute Gasteiger partial charge is 0.208 e. The number of hydrogen-bond donors (Lipinski definition) is 2. The number of nitriles is 1. The lowest BCUT2D eigenvalue weighted by Gasteiger charge is -2.32.